The summed E-state index contributed by atoms with van der Waals surface area (Å²) < 4.78 is 41.9. The maximum Gasteiger partial charge on any atom is 0.322 e. The van der Waals surface area contributed by atoms with Crippen LogP contribution in [0.5, 0.6) is 0 Å². The number of hydrogen-bond acceptors (Lipinski definition) is 2. The second-order valence-corrected chi connectivity index (χ2v) is 6.45. The van der Waals surface area contributed by atoms with E-state index in [1.807, 2.05) is 0 Å². The van der Waals surface area contributed by atoms with Crippen LogP contribution in [-0.2, 0) is 5.92 Å². The molecular formula is C16H13BrF3N3O. The van der Waals surface area contributed by atoms with Crippen LogP contribution < -0.4 is 10.2 Å². The highest BCUT2D eigenvalue weighted by Gasteiger charge is 2.47. The molecule has 1 aromatic heterocycles. The van der Waals surface area contributed by atoms with Gasteiger partial charge >= 0.3 is 12.0 Å². The van der Waals surface area contributed by atoms with Crippen LogP contribution in [0.15, 0.2) is 41.0 Å². The van der Waals surface area contributed by atoms with Gasteiger partial charge in [-0.25, -0.2) is 9.18 Å². The van der Waals surface area contributed by atoms with Gasteiger partial charge in [-0.1, -0.05) is 12.1 Å². The van der Waals surface area contributed by atoms with Crippen molar-refractivity contribution in [2.24, 2.45) is 0 Å². The highest BCUT2D eigenvalue weighted by molar-refractivity contribution is 9.10. The first-order valence-electron chi connectivity index (χ1n) is 7.15. The lowest BCUT2D eigenvalue weighted by atomic mass is 10.1. The minimum absolute atomic E-state index is 0.0540. The number of nitrogens with one attached hydrogen (secondary N) is 1. The molecule has 0 radical (unpaired) electrons. The summed E-state index contributed by atoms with van der Waals surface area (Å²) in [5.41, 5.74) is 0.166. The third-order valence-corrected chi connectivity index (χ3v) is 4.20. The summed E-state index contributed by atoms with van der Waals surface area (Å²) in [5.74, 6) is -3.64. The van der Waals surface area contributed by atoms with Crippen molar-refractivity contribution in [3.8, 4) is 0 Å². The SMILES string of the molecule is C[C@H](NC(=O)N1CC(F)(F)c2ncc(Br)cc21)c1cccc(F)c1. The van der Waals surface area contributed by atoms with E-state index in [1.54, 1.807) is 13.0 Å². The molecule has 1 aromatic carbocycles. The molecule has 24 heavy (non-hydrogen) atoms. The van der Waals surface area contributed by atoms with Crippen molar-refractivity contribution in [3.63, 3.8) is 0 Å². The lowest BCUT2D eigenvalue weighted by Crippen LogP contribution is -2.42. The normalized spacial score (nSPS) is 16.6. The highest BCUT2D eigenvalue weighted by atomic mass is 79.9. The smallest absolute Gasteiger partial charge is 0.322 e. The fourth-order valence-corrected chi connectivity index (χ4v) is 2.90. The molecule has 2 amide bonds. The van der Waals surface area contributed by atoms with E-state index in [0.29, 0.717) is 10.0 Å². The van der Waals surface area contributed by atoms with Gasteiger partial charge in [0.2, 0.25) is 0 Å². The number of halogens is 4. The zero-order valence-corrected chi connectivity index (χ0v) is 14.1. The lowest BCUT2D eigenvalue weighted by Gasteiger charge is -2.21. The van der Waals surface area contributed by atoms with Crippen LogP contribution in [0.2, 0.25) is 0 Å². The standard InChI is InChI=1S/C16H13BrF3N3O/c1-9(10-3-2-4-12(18)5-10)22-15(24)23-8-16(19,20)14-13(23)6-11(17)7-21-14/h2-7,9H,8H2,1H3,(H,22,24)/t9-/m0/s1. The topological polar surface area (TPSA) is 45.2 Å². The molecule has 2 heterocycles. The summed E-state index contributed by atoms with van der Waals surface area (Å²) in [5, 5.41) is 2.61. The monoisotopic (exact) mass is 399 g/mol. The number of pyridine rings is 1. The van der Waals surface area contributed by atoms with Crippen molar-refractivity contribution < 1.29 is 18.0 Å². The molecule has 4 nitrogen and oxygen atoms in total. The summed E-state index contributed by atoms with van der Waals surface area (Å²) in [6, 6.07) is 5.95. The molecule has 0 saturated heterocycles. The number of nitrogens with zero attached hydrogens (tertiary/aromatic N) is 2. The first-order valence-corrected chi connectivity index (χ1v) is 7.94. The predicted molar refractivity (Wildman–Crippen MR) is 86.5 cm³/mol. The predicted octanol–water partition coefficient (Wildman–Crippen LogP) is 4.37. The average molecular weight is 400 g/mol. The third kappa shape index (κ3) is 3.10. The van der Waals surface area contributed by atoms with Crippen LogP contribution in [0.4, 0.5) is 23.7 Å². The number of hydrogen-bond donors (Lipinski definition) is 1. The van der Waals surface area contributed by atoms with Crippen LogP contribution in [0.1, 0.15) is 24.2 Å². The Bertz CT molecular complexity index is 800. The minimum atomic E-state index is -3.21. The number of aromatic nitrogens is 1. The van der Waals surface area contributed by atoms with E-state index in [0.717, 1.165) is 4.90 Å². The summed E-state index contributed by atoms with van der Waals surface area (Å²) in [6.07, 6.45) is 1.27. The number of rotatable bonds is 2. The van der Waals surface area contributed by atoms with Crippen molar-refractivity contribution in [1.82, 2.24) is 10.3 Å². The van der Waals surface area contributed by atoms with Crippen LogP contribution >= 0.6 is 15.9 Å². The van der Waals surface area contributed by atoms with Gasteiger partial charge in [0.05, 0.1) is 18.3 Å². The Hall–Kier alpha value is -2.09. The van der Waals surface area contributed by atoms with E-state index in [9.17, 15) is 18.0 Å². The number of fused-ring (bicyclic) bond motifs is 1. The van der Waals surface area contributed by atoms with E-state index in [4.69, 9.17) is 0 Å². The molecule has 1 N–H and O–H groups in total. The molecule has 0 spiro atoms. The summed E-state index contributed by atoms with van der Waals surface area (Å²) >= 11 is 3.17. The zero-order chi connectivity index (χ0) is 17.5. The first kappa shape index (κ1) is 16.8. The van der Waals surface area contributed by atoms with Crippen LogP contribution in [0.3, 0.4) is 0 Å². The summed E-state index contributed by atoms with van der Waals surface area (Å²) in [6.45, 7) is 0.869. The van der Waals surface area contributed by atoms with E-state index in [-0.39, 0.29) is 5.69 Å². The number of anilines is 1. The molecule has 2 aromatic rings. The molecular weight excluding hydrogens is 387 g/mol. The summed E-state index contributed by atoms with van der Waals surface area (Å²) in [4.78, 5) is 17.1. The van der Waals surface area contributed by atoms with E-state index < -0.39 is 36.1 Å². The molecule has 126 valence electrons. The maximum absolute atomic E-state index is 14.0. The Balaban J connectivity index is 1.83. The van der Waals surface area contributed by atoms with Crippen molar-refractivity contribution in [2.45, 2.75) is 18.9 Å². The number of benzene rings is 1. The van der Waals surface area contributed by atoms with Gasteiger partial charge < -0.3 is 5.32 Å². The Morgan fingerprint density at radius 3 is 2.88 bits per heavy atom. The molecule has 8 heteroatoms. The highest BCUT2D eigenvalue weighted by Crippen LogP contribution is 2.42. The quantitative estimate of drug-likeness (QED) is 0.814. The molecule has 1 aliphatic rings. The van der Waals surface area contributed by atoms with Gasteiger partial charge in [-0.05, 0) is 46.6 Å². The molecule has 0 unspecified atom stereocenters. The van der Waals surface area contributed by atoms with Gasteiger partial charge in [0.1, 0.15) is 11.5 Å². The number of urea groups is 1. The Labute approximate surface area is 144 Å². The van der Waals surface area contributed by atoms with Gasteiger partial charge in [-0.2, -0.15) is 8.78 Å². The molecule has 0 fully saturated rings. The fourth-order valence-electron chi connectivity index (χ4n) is 2.58. The minimum Gasteiger partial charge on any atom is -0.331 e. The van der Waals surface area contributed by atoms with Crippen LogP contribution in [0, 0.1) is 5.82 Å². The Morgan fingerprint density at radius 2 is 2.17 bits per heavy atom. The van der Waals surface area contributed by atoms with Crippen molar-refractivity contribution in [1.29, 1.82) is 0 Å². The molecule has 3 rings (SSSR count). The Morgan fingerprint density at radius 1 is 1.42 bits per heavy atom. The number of carbonyl (C=O) groups excluding carboxylic acids is 1. The van der Waals surface area contributed by atoms with Gasteiger partial charge in [-0.15, -0.1) is 0 Å². The number of alkyl halides is 2. The second-order valence-electron chi connectivity index (χ2n) is 5.54. The van der Waals surface area contributed by atoms with Gasteiger partial charge in [0, 0.05) is 10.7 Å². The van der Waals surface area contributed by atoms with Gasteiger partial charge in [0.15, 0.2) is 0 Å². The third-order valence-electron chi connectivity index (χ3n) is 3.76. The lowest BCUT2D eigenvalue weighted by molar-refractivity contribution is 0.0108. The number of amides is 2. The van der Waals surface area contributed by atoms with Crippen LogP contribution in [-0.4, -0.2) is 17.6 Å². The first-order chi connectivity index (χ1) is 11.3. The summed E-state index contributed by atoms with van der Waals surface area (Å²) in [7, 11) is 0. The van der Waals surface area contributed by atoms with Crippen molar-refractivity contribution >= 4 is 27.6 Å². The molecule has 0 bridgehead atoms. The molecule has 1 aliphatic heterocycles. The second kappa shape index (κ2) is 6.08. The zero-order valence-electron chi connectivity index (χ0n) is 12.6. The Kier molecular flexibility index (Phi) is 4.25. The maximum atomic E-state index is 14.0. The average Bonchev–Trinajstić information content (AvgIpc) is 2.78. The van der Waals surface area contributed by atoms with Crippen molar-refractivity contribution in [2.75, 3.05) is 11.4 Å². The number of carbonyl (C=O) groups is 1. The largest absolute Gasteiger partial charge is 0.331 e. The van der Waals surface area contributed by atoms with E-state index >= 15 is 0 Å². The van der Waals surface area contributed by atoms with Gasteiger partial charge in [-0.3, -0.25) is 9.88 Å². The van der Waals surface area contributed by atoms with Gasteiger partial charge in [0.25, 0.3) is 0 Å². The molecule has 0 saturated carbocycles. The van der Waals surface area contributed by atoms with Crippen LogP contribution in [0.25, 0.3) is 0 Å². The molecule has 0 aliphatic carbocycles. The van der Waals surface area contributed by atoms with Crippen molar-refractivity contribution in [3.05, 3.63) is 58.1 Å². The fraction of sp³-hybridized carbons (Fsp3) is 0.250. The molecule has 1 atom stereocenters. The van der Waals surface area contributed by atoms with E-state index in [2.05, 4.69) is 26.2 Å². The van der Waals surface area contributed by atoms with E-state index in [1.165, 1.54) is 30.5 Å².